The van der Waals surface area contributed by atoms with Gasteiger partial charge in [-0.15, -0.1) is 0 Å². The Kier molecular flexibility index (Phi) is 14.2. The highest BCUT2D eigenvalue weighted by molar-refractivity contribution is 5.78. The fraction of sp³-hybridized carbons (Fsp3) is 0.370. The monoisotopic (exact) mass is 1130 g/mol. The molecule has 0 aliphatic carbocycles. The lowest BCUT2D eigenvalue weighted by molar-refractivity contribution is -0.661. The number of hydrogen-bond acceptors (Lipinski definition) is 0. The molecule has 9 aromatic rings. The summed E-state index contributed by atoms with van der Waals surface area (Å²) in [6.45, 7) is 26.1. The smallest absolute Gasteiger partial charge is 0.201 e. The predicted molar refractivity (Wildman–Crippen MR) is 362 cm³/mol. The first-order chi connectivity index (χ1) is 45.1. The van der Waals surface area contributed by atoms with Gasteiger partial charge >= 0.3 is 0 Å². The minimum Gasteiger partial charge on any atom is -0.201 e. The SMILES string of the molecule is [2H]C([2H])([2H])c1cc(C)c(-c2cc(C([2H])([2H])C(C)(C)C)c(C([2H])([2H])C(C)(C)C)c[n+]2C)cc1-c1ccc(C(C)(C)C)cc1.[2H]C([2H])([2H])c1cc(C)c(-c2ccc(C([2H])([2H])C(C)(C)C)c[n+]2C)cc1-c1ccc(C)cc1.[2H]C([2H])([2H])c1cc(C)c(-c2cccc[n+]2C)cc1-c1ccc(C)cc1. The maximum atomic E-state index is 9.21. The van der Waals surface area contributed by atoms with Crippen LogP contribution in [-0.4, -0.2) is 0 Å². The second-order valence-electron chi connectivity index (χ2n) is 27.0. The lowest BCUT2D eigenvalue weighted by Crippen LogP contribution is -2.33. The molecular weight excluding hydrogens is 1010 g/mol. The second kappa shape index (κ2) is 25.9. The molecule has 6 aromatic carbocycles. The molecular formula is C81H102N3+3. The Morgan fingerprint density at radius 3 is 1.14 bits per heavy atom. The average Bonchev–Trinajstić information content (AvgIpc) is 0.739. The summed E-state index contributed by atoms with van der Waals surface area (Å²) in [5.41, 5.74) is 16.1. The van der Waals surface area contributed by atoms with Gasteiger partial charge in [0.15, 0.2) is 18.6 Å². The van der Waals surface area contributed by atoms with Crippen molar-refractivity contribution in [3.05, 3.63) is 231 Å². The zero-order valence-corrected chi connectivity index (χ0v) is 53.9. The molecule has 0 fully saturated rings. The third-order valence-electron chi connectivity index (χ3n) is 14.7. The summed E-state index contributed by atoms with van der Waals surface area (Å²) in [5, 5.41) is 0. The molecule has 0 aliphatic heterocycles. The van der Waals surface area contributed by atoms with E-state index in [0.29, 0.717) is 44.6 Å². The van der Waals surface area contributed by atoms with Crippen LogP contribution in [0.4, 0.5) is 0 Å². The van der Waals surface area contributed by atoms with E-state index in [1.807, 2.05) is 261 Å². The third-order valence-corrected chi connectivity index (χ3v) is 14.7. The standard InChI is InChI=1S/C34H48N.C26H32N.C21H22N/c1-23-17-24(2)30(19-29(23)25-13-15-28(16-14-25)34(9,10)11)31-18-26(20-32(3,4)5)27(22-35(31)12)21-33(6,7)8;1-18-8-11-22(12-9-18)23-15-24(20(3)14-19(23)2)25-13-10-21(17-27(25)7)16-26(4,5)6;1-15-8-10-18(11-9-15)19-14-20(17(3)13-16(19)2)21-7-5-6-12-22(21)4/h13-19,22H,20-21H2,1-12H3;8-15,17H,16H2,1-7H3;5-14H,1-4H3/q3*+1/i1D3,20D2,21D2;2D3,16D2;2D3. The van der Waals surface area contributed by atoms with Crippen LogP contribution < -0.4 is 13.7 Å². The van der Waals surface area contributed by atoms with Crippen LogP contribution in [0.1, 0.15) is 170 Å². The van der Waals surface area contributed by atoms with Crippen LogP contribution in [0.25, 0.3) is 67.2 Å². The summed E-state index contributed by atoms with van der Waals surface area (Å²) in [6.07, 6.45) is 0.381. The maximum absolute atomic E-state index is 9.21. The molecule has 438 valence electrons. The van der Waals surface area contributed by atoms with Gasteiger partial charge in [-0.05, 0) is 204 Å². The van der Waals surface area contributed by atoms with Crippen molar-refractivity contribution in [3.63, 3.8) is 0 Å². The van der Waals surface area contributed by atoms with Crippen molar-refractivity contribution in [2.45, 2.75) is 163 Å². The summed E-state index contributed by atoms with van der Waals surface area (Å²) in [5.74, 6) is 0. The first-order valence-corrected chi connectivity index (χ1v) is 29.3. The third kappa shape index (κ3) is 16.8. The van der Waals surface area contributed by atoms with Gasteiger partial charge < -0.3 is 0 Å². The Hall–Kier alpha value is -7.23. The topological polar surface area (TPSA) is 11.6 Å². The number of aromatic nitrogens is 3. The van der Waals surface area contributed by atoms with Gasteiger partial charge in [0, 0.05) is 72.6 Å². The maximum Gasteiger partial charge on any atom is 0.212 e. The summed E-state index contributed by atoms with van der Waals surface area (Å²) in [6, 6.07) is 46.6. The van der Waals surface area contributed by atoms with Crippen LogP contribution in [0.3, 0.4) is 0 Å². The second-order valence-corrected chi connectivity index (χ2v) is 27.0. The molecule has 0 saturated carbocycles. The van der Waals surface area contributed by atoms with Gasteiger partial charge in [-0.2, -0.15) is 0 Å². The fourth-order valence-electron chi connectivity index (χ4n) is 10.4. The number of nitrogens with zero attached hydrogens (tertiary/aromatic N) is 3. The van der Waals surface area contributed by atoms with Crippen LogP contribution in [0.2, 0.25) is 0 Å². The molecule has 0 aliphatic rings. The summed E-state index contributed by atoms with van der Waals surface area (Å²) < 4.78 is 132. The molecule has 3 heteroatoms. The average molecular weight is 1130 g/mol. The lowest BCUT2D eigenvalue weighted by Gasteiger charge is -2.24. The molecule has 0 amide bonds. The molecule has 0 spiro atoms. The molecule has 0 radical (unpaired) electrons. The van der Waals surface area contributed by atoms with Crippen LogP contribution in [-0.2, 0) is 45.7 Å². The molecule has 3 heterocycles. The van der Waals surface area contributed by atoms with Gasteiger partial charge in [-0.1, -0.05) is 185 Å². The molecule has 0 bridgehead atoms. The number of pyridine rings is 3. The Labute approximate surface area is 530 Å². The minimum absolute atomic E-state index is 0.0419. The number of hydrogen-bond donors (Lipinski definition) is 0. The molecule has 3 aromatic heterocycles. The van der Waals surface area contributed by atoms with E-state index in [2.05, 4.69) is 31.4 Å². The largest absolute Gasteiger partial charge is 0.212 e. The van der Waals surface area contributed by atoms with E-state index in [0.717, 1.165) is 83.7 Å². The summed E-state index contributed by atoms with van der Waals surface area (Å²) in [7, 11) is 5.74. The van der Waals surface area contributed by atoms with Crippen molar-refractivity contribution in [1.29, 1.82) is 0 Å². The van der Waals surface area contributed by atoms with E-state index in [4.69, 9.17) is 17.8 Å². The highest BCUT2D eigenvalue weighted by Gasteiger charge is 2.26. The predicted octanol–water partition coefficient (Wildman–Crippen LogP) is 20.1. The zero-order valence-electron chi connectivity index (χ0n) is 68.9. The van der Waals surface area contributed by atoms with E-state index in [9.17, 15) is 2.74 Å². The van der Waals surface area contributed by atoms with Gasteiger partial charge in [0.1, 0.15) is 21.1 Å². The molecule has 84 heavy (non-hydrogen) atoms. The molecule has 0 N–H and O–H groups in total. The van der Waals surface area contributed by atoms with Crippen molar-refractivity contribution in [3.8, 4) is 67.2 Å². The van der Waals surface area contributed by atoms with Gasteiger partial charge in [0.25, 0.3) is 0 Å². The highest BCUT2D eigenvalue weighted by Crippen LogP contribution is 2.37. The Morgan fingerprint density at radius 2 is 0.750 bits per heavy atom. The van der Waals surface area contributed by atoms with Gasteiger partial charge in [-0.25, -0.2) is 13.7 Å². The molecule has 0 atom stereocenters. The van der Waals surface area contributed by atoms with Gasteiger partial charge in [0.2, 0.25) is 17.1 Å². The number of aryl methyl sites for hydroxylation is 11. The van der Waals surface area contributed by atoms with Crippen LogP contribution in [0.15, 0.2) is 164 Å². The number of rotatable bonds is 9. The first-order valence-electron chi connectivity index (χ1n) is 36.8. The summed E-state index contributed by atoms with van der Waals surface area (Å²) >= 11 is 0. The lowest BCUT2D eigenvalue weighted by atomic mass is 9.81. The van der Waals surface area contributed by atoms with Crippen molar-refractivity contribution in [2.75, 3.05) is 0 Å². The fourth-order valence-corrected chi connectivity index (χ4v) is 10.4. The van der Waals surface area contributed by atoms with E-state index in [-0.39, 0.29) is 11.0 Å². The van der Waals surface area contributed by atoms with Crippen LogP contribution in [0.5, 0.6) is 0 Å². The molecule has 0 saturated heterocycles. The van der Waals surface area contributed by atoms with Crippen molar-refractivity contribution >= 4 is 0 Å². The van der Waals surface area contributed by atoms with E-state index in [1.54, 1.807) is 24.4 Å². The Bertz CT molecular complexity index is 4390. The van der Waals surface area contributed by atoms with Crippen LogP contribution in [0, 0.1) is 71.4 Å². The first kappa shape index (κ1) is 46.1. The zero-order chi connectivity index (χ0) is 74.7. The Balaban J connectivity index is 0.000000216. The normalized spacial score (nSPS) is 15.5. The molecule has 3 nitrogen and oxygen atoms in total. The van der Waals surface area contributed by atoms with Crippen LogP contribution >= 0.6 is 0 Å². The quantitative estimate of drug-likeness (QED) is 0.128. The van der Waals surface area contributed by atoms with E-state index in [1.165, 1.54) is 0 Å². The summed E-state index contributed by atoms with van der Waals surface area (Å²) in [4.78, 5) is 0. The minimum atomic E-state index is -2.33. The van der Waals surface area contributed by atoms with E-state index < -0.39 is 55.9 Å². The van der Waals surface area contributed by atoms with Gasteiger partial charge in [0.05, 0.1) is 0 Å². The van der Waals surface area contributed by atoms with E-state index >= 15 is 0 Å². The van der Waals surface area contributed by atoms with Crippen molar-refractivity contribution in [2.24, 2.45) is 37.4 Å². The number of benzene rings is 6. The van der Waals surface area contributed by atoms with Crippen molar-refractivity contribution < 1.29 is 34.3 Å². The van der Waals surface area contributed by atoms with Gasteiger partial charge in [-0.3, -0.25) is 0 Å². The molecule has 9 rings (SSSR count). The Morgan fingerprint density at radius 1 is 0.357 bits per heavy atom. The highest BCUT2D eigenvalue weighted by atomic mass is 14.9. The molecule has 0 unspecified atom stereocenters. The van der Waals surface area contributed by atoms with Crippen molar-refractivity contribution in [1.82, 2.24) is 0 Å².